The molecule has 0 amide bonds. The topological polar surface area (TPSA) is 49.9 Å². The molecule has 1 aromatic carbocycles. The summed E-state index contributed by atoms with van der Waals surface area (Å²) in [5, 5.41) is 7.01. The van der Waals surface area contributed by atoms with E-state index < -0.39 is 0 Å². The third kappa shape index (κ3) is 4.50. The van der Waals surface area contributed by atoms with Gasteiger partial charge in [-0.05, 0) is 0 Å². The van der Waals surface area contributed by atoms with Gasteiger partial charge in [0.25, 0.3) is 0 Å². The van der Waals surface area contributed by atoms with Crippen molar-refractivity contribution < 1.29 is 0 Å². The van der Waals surface area contributed by atoms with E-state index in [9.17, 15) is 0 Å². The molecule has 0 radical (unpaired) electrons. The number of nitrogen functional groups attached to an aromatic ring is 1. The van der Waals surface area contributed by atoms with Crippen LogP contribution in [0.15, 0.2) is 30.3 Å². The number of benzene rings is 1. The molecule has 0 aromatic heterocycles. The second-order valence-electron chi connectivity index (χ2n) is 2.49. The first-order chi connectivity index (χ1) is 5.72. The lowest BCUT2D eigenvalue weighted by Crippen LogP contribution is -2.10. The molecule has 0 aliphatic carbocycles. The van der Waals surface area contributed by atoms with Crippen molar-refractivity contribution in [2.75, 3.05) is 0 Å². The highest BCUT2D eigenvalue weighted by atomic mass is 14.7. The first-order valence-electron chi connectivity index (χ1n) is 4.11. The Morgan fingerprint density at radius 2 is 1.67 bits per heavy atom. The molecule has 0 spiro atoms. The molecule has 2 nitrogen and oxygen atoms in total. The lowest BCUT2D eigenvalue weighted by atomic mass is 10.2. The van der Waals surface area contributed by atoms with Crippen LogP contribution in [0, 0.1) is 5.41 Å². The Bertz CT molecular complexity index is 217. The van der Waals surface area contributed by atoms with Gasteiger partial charge in [-0.3, -0.25) is 5.41 Å². The van der Waals surface area contributed by atoms with Gasteiger partial charge in [0.2, 0.25) is 0 Å². The van der Waals surface area contributed by atoms with E-state index in [-0.39, 0.29) is 5.84 Å². The van der Waals surface area contributed by atoms with Gasteiger partial charge in [0.15, 0.2) is 0 Å². The Morgan fingerprint density at radius 1 is 1.25 bits per heavy atom. The number of rotatable bonds is 1. The zero-order valence-electron chi connectivity index (χ0n) is 7.67. The van der Waals surface area contributed by atoms with Gasteiger partial charge in [0.1, 0.15) is 5.84 Å². The second kappa shape index (κ2) is 6.40. The number of nitrogens with one attached hydrogen (secondary N) is 1. The molecule has 0 saturated carbocycles. The minimum Gasteiger partial charge on any atom is -0.384 e. The first-order valence-corrected chi connectivity index (χ1v) is 4.11. The van der Waals surface area contributed by atoms with Crippen molar-refractivity contribution in [3.8, 4) is 0 Å². The molecule has 66 valence electrons. The fraction of sp³-hybridized carbons (Fsp3) is 0.300. The summed E-state index contributed by atoms with van der Waals surface area (Å²) in [7, 11) is 0. The van der Waals surface area contributed by atoms with Gasteiger partial charge in [0.05, 0.1) is 0 Å². The van der Waals surface area contributed by atoms with Crippen molar-refractivity contribution >= 4 is 5.84 Å². The van der Waals surface area contributed by atoms with Crippen molar-refractivity contribution in [2.45, 2.75) is 20.3 Å². The van der Waals surface area contributed by atoms with E-state index in [0.29, 0.717) is 0 Å². The maximum atomic E-state index is 7.01. The Kier molecular flexibility index (Phi) is 5.70. The van der Waals surface area contributed by atoms with E-state index in [4.69, 9.17) is 11.1 Å². The van der Waals surface area contributed by atoms with E-state index in [2.05, 4.69) is 13.8 Å². The second-order valence-corrected chi connectivity index (χ2v) is 2.49. The van der Waals surface area contributed by atoms with Crippen molar-refractivity contribution in [3.05, 3.63) is 35.9 Å². The zero-order chi connectivity index (χ0) is 9.40. The summed E-state index contributed by atoms with van der Waals surface area (Å²) in [6.45, 7) is 4.25. The maximum Gasteiger partial charge on any atom is 0.122 e. The number of nitrogens with two attached hydrogens (primary N) is 1. The summed E-state index contributed by atoms with van der Waals surface area (Å²) in [6, 6.07) is 9.23. The van der Waals surface area contributed by atoms with Crippen LogP contribution in [-0.4, -0.2) is 5.84 Å². The molecule has 0 aliphatic rings. The zero-order valence-corrected chi connectivity index (χ0v) is 7.67. The van der Waals surface area contributed by atoms with Crippen molar-refractivity contribution in [2.24, 2.45) is 5.73 Å². The van der Waals surface area contributed by atoms with Crippen LogP contribution in [0.4, 0.5) is 0 Å². The molecule has 0 fully saturated rings. The summed E-state index contributed by atoms with van der Waals surface area (Å²) >= 11 is 0. The lowest BCUT2D eigenvalue weighted by molar-refractivity contribution is 1.09. The third-order valence-corrected chi connectivity index (χ3v) is 1.08. The van der Waals surface area contributed by atoms with Crippen LogP contribution in [0.2, 0.25) is 0 Å². The predicted octanol–water partition coefficient (Wildman–Crippen LogP) is 2.39. The van der Waals surface area contributed by atoms with Crippen LogP contribution in [-0.2, 0) is 0 Å². The fourth-order valence-electron chi connectivity index (χ4n) is 0.618. The number of amidine groups is 1. The minimum atomic E-state index is 0.121. The summed E-state index contributed by atoms with van der Waals surface area (Å²) in [6.07, 6.45) is 1.25. The molecular formula is C10H16N2. The van der Waals surface area contributed by atoms with Crippen LogP contribution in [0.5, 0.6) is 0 Å². The van der Waals surface area contributed by atoms with Crippen molar-refractivity contribution in [1.82, 2.24) is 0 Å². The highest BCUT2D eigenvalue weighted by Crippen LogP contribution is 1.94. The van der Waals surface area contributed by atoms with E-state index in [1.165, 1.54) is 6.42 Å². The molecule has 0 heterocycles. The standard InChI is InChI=1S/C7H8N2.C3H8/c8-7(9)6-4-2-1-3-5-6;1-3-2/h1-5H,(H3,8,9);3H2,1-2H3. The van der Waals surface area contributed by atoms with Crippen LogP contribution >= 0.6 is 0 Å². The normalized spacial score (nSPS) is 8.17. The molecular weight excluding hydrogens is 148 g/mol. The van der Waals surface area contributed by atoms with Crippen LogP contribution in [0.3, 0.4) is 0 Å². The first kappa shape index (κ1) is 10.7. The van der Waals surface area contributed by atoms with Crippen molar-refractivity contribution in [3.63, 3.8) is 0 Å². The van der Waals surface area contributed by atoms with Gasteiger partial charge in [-0.25, -0.2) is 0 Å². The van der Waals surface area contributed by atoms with Crippen LogP contribution in [0.25, 0.3) is 0 Å². The van der Waals surface area contributed by atoms with Crippen LogP contribution < -0.4 is 5.73 Å². The van der Waals surface area contributed by atoms with Crippen molar-refractivity contribution in [1.29, 1.82) is 5.41 Å². The molecule has 12 heavy (non-hydrogen) atoms. The molecule has 0 saturated heterocycles. The molecule has 0 atom stereocenters. The quantitative estimate of drug-likeness (QED) is 0.486. The molecule has 3 N–H and O–H groups in total. The molecule has 0 bridgehead atoms. The van der Waals surface area contributed by atoms with E-state index in [1.54, 1.807) is 0 Å². The summed E-state index contributed by atoms with van der Waals surface area (Å²) in [5.74, 6) is 0.121. The van der Waals surface area contributed by atoms with Gasteiger partial charge in [-0.2, -0.15) is 0 Å². The van der Waals surface area contributed by atoms with Crippen LogP contribution in [0.1, 0.15) is 25.8 Å². The summed E-state index contributed by atoms with van der Waals surface area (Å²) in [5.41, 5.74) is 5.97. The molecule has 1 rings (SSSR count). The average Bonchev–Trinajstić information content (AvgIpc) is 2.07. The van der Waals surface area contributed by atoms with E-state index in [0.717, 1.165) is 5.56 Å². The van der Waals surface area contributed by atoms with Gasteiger partial charge < -0.3 is 5.73 Å². The maximum absolute atomic E-state index is 7.01. The Labute approximate surface area is 73.9 Å². The monoisotopic (exact) mass is 164 g/mol. The smallest absolute Gasteiger partial charge is 0.122 e. The molecule has 0 aliphatic heterocycles. The lowest BCUT2D eigenvalue weighted by Gasteiger charge is -1.93. The number of hydrogen-bond acceptors (Lipinski definition) is 1. The third-order valence-electron chi connectivity index (χ3n) is 1.08. The summed E-state index contributed by atoms with van der Waals surface area (Å²) < 4.78 is 0. The highest BCUT2D eigenvalue weighted by molar-refractivity contribution is 5.94. The Hall–Kier alpha value is -1.31. The Balaban J connectivity index is 0.000000354. The largest absolute Gasteiger partial charge is 0.384 e. The van der Waals surface area contributed by atoms with E-state index >= 15 is 0 Å². The molecule has 1 aromatic rings. The van der Waals surface area contributed by atoms with Gasteiger partial charge in [0, 0.05) is 5.56 Å². The minimum absolute atomic E-state index is 0.121. The molecule has 0 unspecified atom stereocenters. The predicted molar refractivity (Wildman–Crippen MR) is 53.4 cm³/mol. The highest BCUT2D eigenvalue weighted by Gasteiger charge is 1.89. The summed E-state index contributed by atoms with van der Waals surface area (Å²) in [4.78, 5) is 0. The molecule has 2 heteroatoms. The fourth-order valence-corrected chi connectivity index (χ4v) is 0.618. The van der Waals surface area contributed by atoms with E-state index in [1.807, 2.05) is 30.3 Å². The average molecular weight is 164 g/mol. The Morgan fingerprint density at radius 3 is 1.92 bits per heavy atom. The SMILES string of the molecule is CCC.N=C(N)c1ccccc1. The van der Waals surface area contributed by atoms with Gasteiger partial charge >= 0.3 is 0 Å². The number of hydrogen-bond donors (Lipinski definition) is 2. The van der Waals surface area contributed by atoms with Gasteiger partial charge in [-0.1, -0.05) is 50.6 Å². The van der Waals surface area contributed by atoms with Gasteiger partial charge in [-0.15, -0.1) is 0 Å².